The van der Waals surface area contributed by atoms with Crippen LogP contribution in [0.25, 0.3) is 27.8 Å². The van der Waals surface area contributed by atoms with Crippen LogP contribution in [0.5, 0.6) is 0 Å². The normalized spacial score (nSPS) is 19.7. The molecular weight excluding hydrogens is 384 g/mol. The largest absolute Gasteiger partial charge is 0.368 e. The quantitative estimate of drug-likeness (QED) is 0.538. The second-order valence-corrected chi connectivity index (χ2v) is 8.26. The lowest BCUT2D eigenvalue weighted by atomic mass is 10.1. The number of anilines is 1. The maximum absolute atomic E-state index is 15.0. The number of aryl methyl sites for hydroxylation is 1. The van der Waals surface area contributed by atoms with Crippen molar-refractivity contribution in [2.45, 2.75) is 32.9 Å². The van der Waals surface area contributed by atoms with Gasteiger partial charge in [0.1, 0.15) is 5.52 Å². The molecule has 0 unspecified atom stereocenters. The van der Waals surface area contributed by atoms with E-state index in [1.807, 2.05) is 19.1 Å². The van der Waals surface area contributed by atoms with Gasteiger partial charge >= 0.3 is 0 Å². The first kappa shape index (κ1) is 18.9. The van der Waals surface area contributed by atoms with Crippen molar-refractivity contribution in [3.05, 3.63) is 60.1 Å². The van der Waals surface area contributed by atoms with E-state index < -0.39 is 5.82 Å². The summed E-state index contributed by atoms with van der Waals surface area (Å²) in [5.41, 5.74) is 3.24. The molecule has 1 saturated heterocycles. The molecule has 1 aliphatic heterocycles. The monoisotopic (exact) mass is 407 g/mol. The van der Waals surface area contributed by atoms with Crippen LogP contribution in [0.1, 0.15) is 19.5 Å². The van der Waals surface area contributed by atoms with Crippen LogP contribution in [0.3, 0.4) is 0 Å². The molecular formula is C23H23F2N5. The highest BCUT2D eigenvalue weighted by atomic mass is 19.1. The average molecular weight is 407 g/mol. The first-order chi connectivity index (χ1) is 14.4. The topological polar surface area (TPSA) is 45.5 Å². The number of rotatable bonds is 2. The van der Waals surface area contributed by atoms with Crippen LogP contribution in [0.4, 0.5) is 14.5 Å². The Kier molecular flexibility index (Phi) is 4.43. The first-order valence-corrected chi connectivity index (χ1v) is 10.1. The Balaban J connectivity index is 1.56. The molecule has 154 valence electrons. The Bertz CT molecular complexity index is 1260. The van der Waals surface area contributed by atoms with Gasteiger partial charge in [-0.2, -0.15) is 0 Å². The Labute approximate surface area is 173 Å². The van der Waals surface area contributed by atoms with E-state index in [4.69, 9.17) is 0 Å². The van der Waals surface area contributed by atoms with E-state index in [-0.39, 0.29) is 17.0 Å². The lowest BCUT2D eigenvalue weighted by Crippen LogP contribution is -2.54. The van der Waals surface area contributed by atoms with Gasteiger partial charge in [0, 0.05) is 54.2 Å². The van der Waals surface area contributed by atoms with E-state index >= 15 is 4.39 Å². The SMILES string of the molecule is Cc1cn2cc(-c3ccc4cc(N5C[C@@H](C)N[C@H](C)C5)cc(F)c4n3)cc(F)c2n1. The molecule has 1 fully saturated rings. The smallest absolute Gasteiger partial charge is 0.173 e. The Morgan fingerprint density at radius 2 is 1.73 bits per heavy atom. The fourth-order valence-corrected chi connectivity index (χ4v) is 4.38. The predicted octanol–water partition coefficient (Wildman–Crippen LogP) is 4.32. The van der Waals surface area contributed by atoms with E-state index in [2.05, 4.69) is 34.0 Å². The molecule has 0 radical (unpaired) electrons. The van der Waals surface area contributed by atoms with E-state index in [9.17, 15) is 4.39 Å². The van der Waals surface area contributed by atoms with Gasteiger partial charge in [-0.05, 0) is 45.0 Å². The standard InChI is InChI=1S/C23H23F2N5/c1-13-9-29(10-14(2)26-13)18-6-16-4-5-21(28-22(16)19(24)8-18)17-7-20(25)23-27-15(3)11-30(23)12-17/h4-8,11-14,26H,9-10H2,1-3H3/t13-,14-/m1/s1. The fraction of sp³-hybridized carbons (Fsp3) is 0.304. The van der Waals surface area contributed by atoms with Crippen molar-refractivity contribution < 1.29 is 8.78 Å². The zero-order chi connectivity index (χ0) is 21.0. The van der Waals surface area contributed by atoms with Crippen LogP contribution in [0.2, 0.25) is 0 Å². The Morgan fingerprint density at radius 1 is 0.967 bits per heavy atom. The minimum absolute atomic E-state index is 0.271. The third-order valence-electron chi connectivity index (χ3n) is 5.58. The van der Waals surface area contributed by atoms with E-state index in [1.54, 1.807) is 28.9 Å². The molecule has 0 bridgehead atoms. The molecule has 30 heavy (non-hydrogen) atoms. The maximum Gasteiger partial charge on any atom is 0.173 e. The number of benzene rings is 1. The van der Waals surface area contributed by atoms with Gasteiger partial charge in [-0.15, -0.1) is 0 Å². The molecule has 5 nitrogen and oxygen atoms in total. The summed E-state index contributed by atoms with van der Waals surface area (Å²) in [7, 11) is 0. The van der Waals surface area contributed by atoms with Crippen molar-refractivity contribution >= 4 is 22.2 Å². The molecule has 0 spiro atoms. The summed E-state index contributed by atoms with van der Waals surface area (Å²) < 4.78 is 31.1. The highest BCUT2D eigenvalue weighted by Gasteiger charge is 2.22. The van der Waals surface area contributed by atoms with E-state index in [0.717, 1.165) is 29.9 Å². The first-order valence-electron chi connectivity index (χ1n) is 10.1. The van der Waals surface area contributed by atoms with Gasteiger partial charge in [-0.25, -0.2) is 18.7 Å². The number of nitrogens with one attached hydrogen (secondary N) is 1. The minimum atomic E-state index is -0.430. The van der Waals surface area contributed by atoms with Crippen molar-refractivity contribution in [1.82, 2.24) is 19.7 Å². The summed E-state index contributed by atoms with van der Waals surface area (Å²) in [6.45, 7) is 7.72. The molecule has 1 aliphatic rings. The summed E-state index contributed by atoms with van der Waals surface area (Å²) in [4.78, 5) is 10.9. The number of nitrogens with zero attached hydrogens (tertiary/aromatic N) is 4. The minimum Gasteiger partial charge on any atom is -0.368 e. The zero-order valence-electron chi connectivity index (χ0n) is 17.2. The summed E-state index contributed by atoms with van der Waals surface area (Å²) in [5.74, 6) is -0.802. The van der Waals surface area contributed by atoms with Gasteiger partial charge in [0.05, 0.1) is 11.4 Å². The van der Waals surface area contributed by atoms with Crippen LogP contribution < -0.4 is 10.2 Å². The summed E-state index contributed by atoms with van der Waals surface area (Å²) in [6.07, 6.45) is 3.52. The third kappa shape index (κ3) is 3.29. The molecule has 4 heterocycles. The van der Waals surface area contributed by atoms with Crippen molar-refractivity contribution in [1.29, 1.82) is 0 Å². The second kappa shape index (κ2) is 7.02. The number of halogens is 2. The maximum atomic E-state index is 15.0. The molecule has 1 aromatic carbocycles. The third-order valence-corrected chi connectivity index (χ3v) is 5.58. The van der Waals surface area contributed by atoms with Crippen LogP contribution >= 0.6 is 0 Å². The van der Waals surface area contributed by atoms with Crippen molar-refractivity contribution in [3.63, 3.8) is 0 Å². The lowest BCUT2D eigenvalue weighted by molar-refractivity contribution is 0.407. The number of hydrogen-bond donors (Lipinski definition) is 1. The van der Waals surface area contributed by atoms with E-state index in [0.29, 0.717) is 23.3 Å². The summed E-state index contributed by atoms with van der Waals surface area (Å²) in [5, 5.41) is 4.22. The molecule has 3 aromatic heterocycles. The van der Waals surface area contributed by atoms with E-state index in [1.165, 1.54) is 6.07 Å². The molecule has 7 heteroatoms. The fourth-order valence-electron chi connectivity index (χ4n) is 4.38. The van der Waals surface area contributed by atoms with Crippen LogP contribution in [0, 0.1) is 18.6 Å². The zero-order valence-corrected chi connectivity index (χ0v) is 17.2. The average Bonchev–Trinajstić information content (AvgIpc) is 3.08. The molecule has 0 amide bonds. The summed E-state index contributed by atoms with van der Waals surface area (Å²) >= 11 is 0. The number of imidazole rings is 1. The number of piperazine rings is 1. The van der Waals surface area contributed by atoms with Crippen LogP contribution in [0.15, 0.2) is 42.7 Å². The molecule has 5 rings (SSSR count). The van der Waals surface area contributed by atoms with Gasteiger partial charge in [-0.3, -0.25) is 0 Å². The van der Waals surface area contributed by atoms with Crippen molar-refractivity contribution in [2.75, 3.05) is 18.0 Å². The second-order valence-electron chi connectivity index (χ2n) is 8.26. The van der Waals surface area contributed by atoms with Crippen LogP contribution in [-0.4, -0.2) is 39.5 Å². The molecule has 0 aliphatic carbocycles. The van der Waals surface area contributed by atoms with Gasteiger partial charge in [0.2, 0.25) is 0 Å². The highest BCUT2D eigenvalue weighted by Crippen LogP contribution is 2.29. The molecule has 4 aromatic rings. The number of fused-ring (bicyclic) bond motifs is 2. The highest BCUT2D eigenvalue weighted by molar-refractivity contribution is 5.85. The van der Waals surface area contributed by atoms with Crippen LogP contribution in [-0.2, 0) is 0 Å². The molecule has 2 atom stereocenters. The van der Waals surface area contributed by atoms with Gasteiger partial charge < -0.3 is 14.6 Å². The van der Waals surface area contributed by atoms with Crippen molar-refractivity contribution in [3.8, 4) is 11.3 Å². The summed E-state index contributed by atoms with van der Waals surface area (Å²) in [6, 6.07) is 9.25. The predicted molar refractivity (Wildman–Crippen MR) is 115 cm³/mol. The number of pyridine rings is 2. The Hall–Kier alpha value is -3.06. The van der Waals surface area contributed by atoms with Gasteiger partial charge in [0.25, 0.3) is 0 Å². The number of aromatic nitrogens is 3. The van der Waals surface area contributed by atoms with Gasteiger partial charge in [-0.1, -0.05) is 6.07 Å². The van der Waals surface area contributed by atoms with Crippen molar-refractivity contribution in [2.24, 2.45) is 0 Å². The molecule has 1 N–H and O–H groups in total. The molecule has 0 saturated carbocycles. The number of hydrogen-bond acceptors (Lipinski definition) is 4. The van der Waals surface area contributed by atoms with Gasteiger partial charge in [0.15, 0.2) is 17.3 Å². The Morgan fingerprint density at radius 3 is 2.50 bits per heavy atom. The lowest BCUT2D eigenvalue weighted by Gasteiger charge is -2.37.